The SMILES string of the molecule is CCOc1cc(C2C3=C(CCCC3=O)Nc3nc(SCc4ccccc4Cl)nn32)cc(Br)c1OC(C)C. The zero-order chi connectivity index (χ0) is 26.1. The predicted octanol–water partition coefficient (Wildman–Crippen LogP) is 7.19. The highest BCUT2D eigenvalue weighted by Crippen LogP contribution is 2.45. The molecule has 2 heterocycles. The van der Waals surface area contributed by atoms with Gasteiger partial charge in [0.25, 0.3) is 0 Å². The topological polar surface area (TPSA) is 78.3 Å². The third-order valence-electron chi connectivity index (χ3n) is 6.16. The zero-order valence-electron chi connectivity index (χ0n) is 20.9. The molecule has 5 rings (SSSR count). The summed E-state index contributed by atoms with van der Waals surface area (Å²) in [6, 6.07) is 11.3. The van der Waals surface area contributed by atoms with Crippen LogP contribution < -0.4 is 14.8 Å². The number of allylic oxidation sites excluding steroid dienone is 2. The van der Waals surface area contributed by atoms with Gasteiger partial charge >= 0.3 is 0 Å². The molecule has 10 heteroatoms. The summed E-state index contributed by atoms with van der Waals surface area (Å²) in [7, 11) is 0. The standard InChI is InChI=1S/C27H28BrClN4O3S/c1-4-35-22-13-17(12-18(28)25(22)36-15(2)3)24-23-20(10-7-11-21(23)34)30-26-31-27(32-33(24)26)37-14-16-8-5-6-9-19(16)29/h5-6,8-9,12-13,15,24H,4,7,10-11,14H2,1-3H3,(H,30,31,32). The van der Waals surface area contributed by atoms with Crippen molar-refractivity contribution in [2.45, 2.75) is 63.1 Å². The maximum absolute atomic E-state index is 13.2. The van der Waals surface area contributed by atoms with Crippen LogP contribution in [0.15, 0.2) is 57.3 Å². The van der Waals surface area contributed by atoms with Crippen molar-refractivity contribution in [1.82, 2.24) is 14.8 Å². The van der Waals surface area contributed by atoms with E-state index in [-0.39, 0.29) is 11.9 Å². The number of ether oxygens (including phenoxy) is 2. The molecule has 0 spiro atoms. The molecule has 1 aromatic heterocycles. The number of hydrogen-bond donors (Lipinski definition) is 1. The summed E-state index contributed by atoms with van der Waals surface area (Å²) in [4.78, 5) is 18.0. The summed E-state index contributed by atoms with van der Waals surface area (Å²) in [5.41, 5.74) is 3.55. The number of carbonyl (C=O) groups excluding carboxylic acids is 1. The molecule has 0 saturated carbocycles. The second kappa shape index (κ2) is 11.1. The minimum atomic E-state index is -0.426. The lowest BCUT2D eigenvalue weighted by atomic mass is 9.85. The zero-order valence-corrected chi connectivity index (χ0v) is 24.0. The van der Waals surface area contributed by atoms with Gasteiger partial charge in [0.15, 0.2) is 17.3 Å². The van der Waals surface area contributed by atoms with E-state index in [0.29, 0.717) is 41.4 Å². The van der Waals surface area contributed by atoms with Crippen molar-refractivity contribution in [2.24, 2.45) is 0 Å². The molecule has 194 valence electrons. The lowest BCUT2D eigenvalue weighted by Gasteiger charge is -2.32. The van der Waals surface area contributed by atoms with Gasteiger partial charge in [0.2, 0.25) is 11.1 Å². The first-order valence-corrected chi connectivity index (χ1v) is 14.5. The van der Waals surface area contributed by atoms with Gasteiger partial charge in [-0.25, -0.2) is 4.68 Å². The van der Waals surface area contributed by atoms with Crippen LogP contribution in [0.25, 0.3) is 0 Å². The van der Waals surface area contributed by atoms with Gasteiger partial charge in [-0.05, 0) is 78.9 Å². The highest BCUT2D eigenvalue weighted by molar-refractivity contribution is 9.10. The van der Waals surface area contributed by atoms with Crippen LogP contribution in [0.5, 0.6) is 11.5 Å². The molecule has 37 heavy (non-hydrogen) atoms. The van der Waals surface area contributed by atoms with E-state index < -0.39 is 6.04 Å². The average molecular weight is 604 g/mol. The van der Waals surface area contributed by atoms with E-state index in [2.05, 4.69) is 21.2 Å². The van der Waals surface area contributed by atoms with Crippen LogP contribution in [-0.2, 0) is 10.5 Å². The minimum Gasteiger partial charge on any atom is -0.490 e. The number of ketones is 1. The van der Waals surface area contributed by atoms with E-state index in [1.165, 1.54) is 11.8 Å². The highest BCUT2D eigenvalue weighted by Gasteiger charge is 2.37. The van der Waals surface area contributed by atoms with E-state index in [1.807, 2.05) is 61.9 Å². The smallest absolute Gasteiger partial charge is 0.227 e. The van der Waals surface area contributed by atoms with E-state index in [1.54, 1.807) is 0 Å². The Labute approximate surface area is 234 Å². The molecule has 0 bridgehead atoms. The fourth-order valence-corrected chi connectivity index (χ4v) is 6.29. The van der Waals surface area contributed by atoms with Gasteiger partial charge in [0, 0.05) is 28.5 Å². The van der Waals surface area contributed by atoms with Gasteiger partial charge in [-0.1, -0.05) is 41.6 Å². The average Bonchev–Trinajstić information content (AvgIpc) is 3.27. The van der Waals surface area contributed by atoms with Crippen LogP contribution in [-0.4, -0.2) is 33.3 Å². The summed E-state index contributed by atoms with van der Waals surface area (Å²) < 4.78 is 14.6. The van der Waals surface area contributed by atoms with Crippen LogP contribution in [0.4, 0.5) is 5.95 Å². The molecule has 0 radical (unpaired) electrons. The van der Waals surface area contributed by atoms with E-state index >= 15 is 0 Å². The molecular weight excluding hydrogens is 576 g/mol. The maximum atomic E-state index is 13.2. The van der Waals surface area contributed by atoms with Crippen LogP contribution in [0.1, 0.15) is 57.2 Å². The van der Waals surface area contributed by atoms with Crippen molar-refractivity contribution in [2.75, 3.05) is 11.9 Å². The number of anilines is 1. The molecule has 2 aromatic carbocycles. The number of nitrogens with zero attached hydrogens (tertiary/aromatic N) is 3. The number of fused-ring (bicyclic) bond motifs is 1. The number of aromatic nitrogens is 3. The Kier molecular flexibility index (Phi) is 7.83. The Morgan fingerprint density at radius 3 is 2.84 bits per heavy atom. The molecule has 0 amide bonds. The van der Waals surface area contributed by atoms with Gasteiger partial charge in [-0.3, -0.25) is 4.79 Å². The first-order chi connectivity index (χ1) is 17.9. The number of halogens is 2. The van der Waals surface area contributed by atoms with Crippen molar-refractivity contribution in [1.29, 1.82) is 0 Å². The third kappa shape index (κ3) is 5.40. The summed E-state index contributed by atoms with van der Waals surface area (Å²) >= 11 is 11.5. The van der Waals surface area contributed by atoms with Gasteiger partial charge in [0.05, 0.1) is 17.2 Å². The van der Waals surface area contributed by atoms with Gasteiger partial charge in [-0.15, -0.1) is 5.10 Å². The first kappa shape index (κ1) is 26.1. The van der Waals surface area contributed by atoms with Crippen molar-refractivity contribution >= 4 is 51.0 Å². The second-order valence-corrected chi connectivity index (χ2v) is 11.4. The predicted molar refractivity (Wildman–Crippen MR) is 150 cm³/mol. The van der Waals surface area contributed by atoms with Crippen molar-refractivity contribution in [3.8, 4) is 11.5 Å². The number of carbonyl (C=O) groups is 1. The van der Waals surface area contributed by atoms with Crippen LogP contribution in [0.3, 0.4) is 0 Å². The fourth-order valence-electron chi connectivity index (χ4n) is 4.62. The summed E-state index contributed by atoms with van der Waals surface area (Å²) in [5, 5.41) is 9.57. The Morgan fingerprint density at radius 2 is 2.08 bits per heavy atom. The number of thioether (sulfide) groups is 1. The van der Waals surface area contributed by atoms with E-state index in [4.69, 9.17) is 31.2 Å². The Morgan fingerprint density at radius 1 is 1.27 bits per heavy atom. The summed E-state index contributed by atoms with van der Waals surface area (Å²) in [5.74, 6) is 2.66. The molecule has 3 aromatic rings. The highest BCUT2D eigenvalue weighted by atomic mass is 79.9. The third-order valence-corrected chi connectivity index (χ3v) is 8.01. The quantitative estimate of drug-likeness (QED) is 0.273. The molecule has 0 fully saturated rings. The largest absolute Gasteiger partial charge is 0.490 e. The molecule has 1 N–H and O–H groups in total. The number of benzene rings is 2. The van der Waals surface area contributed by atoms with E-state index in [0.717, 1.165) is 44.7 Å². The fraction of sp³-hybridized carbons (Fsp3) is 0.370. The Bertz CT molecular complexity index is 1370. The lowest BCUT2D eigenvalue weighted by molar-refractivity contribution is -0.116. The normalized spacial score (nSPS) is 16.9. The van der Waals surface area contributed by atoms with Crippen LogP contribution >= 0.6 is 39.3 Å². The molecular formula is C27H28BrClN4O3S. The molecule has 1 aliphatic carbocycles. The second-order valence-electron chi connectivity index (χ2n) is 9.17. The Balaban J connectivity index is 1.56. The van der Waals surface area contributed by atoms with E-state index in [9.17, 15) is 4.79 Å². The molecule has 1 atom stereocenters. The lowest BCUT2D eigenvalue weighted by Crippen LogP contribution is -2.31. The van der Waals surface area contributed by atoms with Crippen molar-refractivity contribution in [3.63, 3.8) is 0 Å². The van der Waals surface area contributed by atoms with Gasteiger partial charge < -0.3 is 14.8 Å². The Hall–Kier alpha value is -2.49. The monoisotopic (exact) mass is 602 g/mol. The number of rotatable bonds is 8. The number of nitrogens with one attached hydrogen (secondary N) is 1. The van der Waals surface area contributed by atoms with Crippen LogP contribution in [0, 0.1) is 0 Å². The molecule has 0 saturated heterocycles. The van der Waals surface area contributed by atoms with Crippen molar-refractivity contribution < 1.29 is 14.3 Å². The number of Topliss-reactive ketones (excluding diaryl/α,β-unsaturated/α-hetero) is 1. The number of hydrogen-bond acceptors (Lipinski definition) is 7. The molecule has 2 aliphatic rings. The molecule has 7 nitrogen and oxygen atoms in total. The van der Waals surface area contributed by atoms with Crippen LogP contribution in [0.2, 0.25) is 5.02 Å². The van der Waals surface area contributed by atoms with Gasteiger partial charge in [-0.2, -0.15) is 4.98 Å². The summed E-state index contributed by atoms with van der Waals surface area (Å²) in [6.45, 7) is 6.38. The summed E-state index contributed by atoms with van der Waals surface area (Å²) in [6.07, 6.45) is 2.10. The first-order valence-electron chi connectivity index (χ1n) is 12.3. The maximum Gasteiger partial charge on any atom is 0.227 e. The molecule has 1 unspecified atom stereocenters. The minimum absolute atomic E-state index is 0.0194. The van der Waals surface area contributed by atoms with Gasteiger partial charge in [0.1, 0.15) is 6.04 Å². The molecule has 1 aliphatic heterocycles. The van der Waals surface area contributed by atoms with Crippen molar-refractivity contribution in [3.05, 3.63) is 68.3 Å².